The molecule has 0 unspecified atom stereocenters. The summed E-state index contributed by atoms with van der Waals surface area (Å²) >= 11 is 0. The van der Waals surface area contributed by atoms with Gasteiger partial charge >= 0.3 is 10.3 Å². The second-order valence-electron chi connectivity index (χ2n) is 8.76. The molecule has 176 valence electrons. The van der Waals surface area contributed by atoms with Crippen LogP contribution in [0.1, 0.15) is 36.1 Å². The number of nitrogens with one attached hydrogen (secondary N) is 2. The summed E-state index contributed by atoms with van der Waals surface area (Å²) in [5, 5.41) is 14.9. The summed E-state index contributed by atoms with van der Waals surface area (Å²) in [6.07, 6.45) is 4.62. The third-order valence-electron chi connectivity index (χ3n) is 6.84. The number of hydrogen-bond donors (Lipinski definition) is 4. The van der Waals surface area contributed by atoms with Crippen molar-refractivity contribution in [1.29, 1.82) is 0 Å². The number of fused-ring (bicyclic) bond motifs is 2. The molecule has 1 fully saturated rings. The maximum atomic E-state index is 11.0. The number of hydrogen-bond acceptors (Lipinski definition) is 7. The van der Waals surface area contributed by atoms with E-state index in [1.165, 1.54) is 17.5 Å². The van der Waals surface area contributed by atoms with Crippen molar-refractivity contribution in [2.75, 3.05) is 19.0 Å². The van der Waals surface area contributed by atoms with Crippen LogP contribution >= 0.6 is 0 Å². The smallest absolute Gasteiger partial charge is 0.333 e. The number of ether oxygens (including phenoxy) is 1. The third kappa shape index (κ3) is 4.34. The van der Waals surface area contributed by atoms with Gasteiger partial charge in [-0.1, -0.05) is 24.3 Å². The molecule has 10 nitrogen and oxygen atoms in total. The van der Waals surface area contributed by atoms with E-state index in [4.69, 9.17) is 9.29 Å². The Morgan fingerprint density at radius 3 is 2.82 bits per heavy atom. The van der Waals surface area contributed by atoms with Crippen molar-refractivity contribution in [3.05, 3.63) is 54.0 Å². The van der Waals surface area contributed by atoms with Gasteiger partial charge in [-0.15, -0.1) is 0 Å². The lowest BCUT2D eigenvalue weighted by atomic mass is 10.1. The number of aromatic nitrogens is 3. The van der Waals surface area contributed by atoms with Crippen molar-refractivity contribution >= 4 is 27.2 Å². The van der Waals surface area contributed by atoms with Gasteiger partial charge in [-0.05, 0) is 30.0 Å². The van der Waals surface area contributed by atoms with Crippen LogP contribution in [0.4, 0.5) is 5.82 Å². The van der Waals surface area contributed by atoms with Gasteiger partial charge in [-0.2, -0.15) is 13.1 Å². The molecule has 2 aliphatic rings. The normalized spacial score (nSPS) is 27.2. The third-order valence-corrected chi connectivity index (χ3v) is 7.37. The summed E-state index contributed by atoms with van der Waals surface area (Å²) < 4.78 is 40.8. The number of aliphatic hydroxyl groups excluding tert-OH is 1. The lowest BCUT2D eigenvalue weighted by Crippen LogP contribution is -2.31. The van der Waals surface area contributed by atoms with E-state index in [1.807, 2.05) is 29.0 Å². The number of rotatable bonds is 7. The van der Waals surface area contributed by atoms with Gasteiger partial charge in [0.1, 0.15) is 17.8 Å². The number of anilines is 1. The van der Waals surface area contributed by atoms with E-state index in [1.54, 1.807) is 7.11 Å². The first-order chi connectivity index (χ1) is 15.8. The SMILES string of the molecule is CO[C@H]1Cc2ccccc2[C@H]1Nc1ncnc2c1ccn2[C@@H]1C[C@@H](CNS(=O)(=O)O)[C@@H](O)C1. The summed E-state index contributed by atoms with van der Waals surface area (Å²) in [4.78, 5) is 8.98. The van der Waals surface area contributed by atoms with Crippen LogP contribution in [0.5, 0.6) is 0 Å². The fourth-order valence-corrected chi connectivity index (χ4v) is 5.63. The lowest BCUT2D eigenvalue weighted by Gasteiger charge is -2.22. The van der Waals surface area contributed by atoms with Crippen LogP contribution < -0.4 is 10.0 Å². The topological polar surface area (TPSA) is 139 Å². The Morgan fingerprint density at radius 1 is 1.21 bits per heavy atom. The van der Waals surface area contributed by atoms with E-state index in [0.717, 1.165) is 17.5 Å². The van der Waals surface area contributed by atoms with Crippen LogP contribution in [0.25, 0.3) is 11.0 Å². The zero-order chi connectivity index (χ0) is 23.2. The molecule has 0 aliphatic heterocycles. The van der Waals surface area contributed by atoms with Crippen LogP contribution in [0.15, 0.2) is 42.9 Å². The van der Waals surface area contributed by atoms with Crippen molar-refractivity contribution < 1.29 is 22.8 Å². The lowest BCUT2D eigenvalue weighted by molar-refractivity contribution is 0.0960. The summed E-state index contributed by atoms with van der Waals surface area (Å²) in [6, 6.07) is 10.2. The summed E-state index contributed by atoms with van der Waals surface area (Å²) in [7, 11) is -2.58. The van der Waals surface area contributed by atoms with Crippen LogP contribution in [0, 0.1) is 5.92 Å². The molecule has 4 N–H and O–H groups in total. The molecule has 0 amide bonds. The van der Waals surface area contributed by atoms with E-state index < -0.39 is 16.4 Å². The van der Waals surface area contributed by atoms with Gasteiger partial charge in [0.2, 0.25) is 0 Å². The molecule has 2 aliphatic carbocycles. The van der Waals surface area contributed by atoms with E-state index in [2.05, 4.69) is 32.1 Å². The van der Waals surface area contributed by atoms with Gasteiger partial charge in [0.25, 0.3) is 0 Å². The largest absolute Gasteiger partial charge is 0.393 e. The van der Waals surface area contributed by atoms with Gasteiger partial charge in [-0.25, -0.2) is 9.97 Å². The van der Waals surface area contributed by atoms with E-state index >= 15 is 0 Å². The van der Waals surface area contributed by atoms with Gasteiger partial charge < -0.3 is 19.7 Å². The van der Waals surface area contributed by atoms with E-state index in [-0.39, 0.29) is 30.7 Å². The molecule has 5 rings (SSSR count). The minimum Gasteiger partial charge on any atom is -0.393 e. The molecule has 3 aromatic rings. The number of methoxy groups -OCH3 is 1. The summed E-state index contributed by atoms with van der Waals surface area (Å²) in [5.74, 6) is 0.414. The van der Waals surface area contributed by atoms with Crippen molar-refractivity contribution in [3.63, 3.8) is 0 Å². The highest BCUT2D eigenvalue weighted by Gasteiger charge is 2.36. The second-order valence-corrected chi connectivity index (χ2v) is 10.00. The minimum atomic E-state index is -4.29. The predicted molar refractivity (Wildman–Crippen MR) is 122 cm³/mol. The van der Waals surface area contributed by atoms with Crippen molar-refractivity contribution in [3.8, 4) is 0 Å². The molecule has 2 aromatic heterocycles. The first-order valence-electron chi connectivity index (χ1n) is 10.9. The Balaban J connectivity index is 1.39. The molecule has 2 heterocycles. The first-order valence-corrected chi connectivity index (χ1v) is 12.4. The summed E-state index contributed by atoms with van der Waals surface area (Å²) in [5.41, 5.74) is 3.20. The van der Waals surface area contributed by atoms with Crippen LogP contribution in [0.3, 0.4) is 0 Å². The van der Waals surface area contributed by atoms with E-state index in [0.29, 0.717) is 18.7 Å². The Morgan fingerprint density at radius 2 is 2.03 bits per heavy atom. The molecule has 1 saturated carbocycles. The van der Waals surface area contributed by atoms with Gasteiger partial charge in [-0.3, -0.25) is 4.55 Å². The average Bonchev–Trinajstić information content (AvgIpc) is 3.47. The fraction of sp³-hybridized carbons (Fsp3) is 0.455. The molecule has 5 atom stereocenters. The molecule has 0 radical (unpaired) electrons. The zero-order valence-electron chi connectivity index (χ0n) is 18.1. The molecule has 0 spiro atoms. The Kier molecular flexibility index (Phi) is 5.83. The molecular formula is C22H27N5O5S. The van der Waals surface area contributed by atoms with Crippen molar-refractivity contribution in [1.82, 2.24) is 19.3 Å². The predicted octanol–water partition coefficient (Wildman–Crippen LogP) is 1.86. The van der Waals surface area contributed by atoms with Gasteiger partial charge in [0.05, 0.1) is 23.6 Å². The van der Waals surface area contributed by atoms with Crippen LogP contribution in [-0.2, 0) is 21.5 Å². The monoisotopic (exact) mass is 473 g/mol. The van der Waals surface area contributed by atoms with Crippen molar-refractivity contribution in [2.45, 2.75) is 43.6 Å². The molecule has 33 heavy (non-hydrogen) atoms. The average molecular weight is 474 g/mol. The Labute approximate surface area is 191 Å². The quantitative estimate of drug-likeness (QED) is 0.382. The number of nitrogens with zero attached hydrogens (tertiary/aromatic N) is 3. The van der Waals surface area contributed by atoms with Crippen LogP contribution in [0.2, 0.25) is 0 Å². The van der Waals surface area contributed by atoms with Gasteiger partial charge in [0.15, 0.2) is 0 Å². The fourth-order valence-electron chi connectivity index (χ4n) is 5.21. The van der Waals surface area contributed by atoms with Crippen LogP contribution in [-0.4, -0.2) is 58.5 Å². The number of aliphatic hydroxyl groups is 1. The molecule has 11 heteroatoms. The zero-order valence-corrected chi connectivity index (χ0v) is 18.9. The van der Waals surface area contributed by atoms with E-state index in [9.17, 15) is 13.5 Å². The second kappa shape index (κ2) is 8.65. The number of benzene rings is 1. The Hall–Kier alpha value is -2.57. The van der Waals surface area contributed by atoms with Gasteiger partial charge in [0, 0.05) is 38.2 Å². The molecular weight excluding hydrogens is 446 g/mol. The first kappa shape index (κ1) is 22.2. The Bertz CT molecular complexity index is 1260. The highest BCUT2D eigenvalue weighted by molar-refractivity contribution is 7.83. The van der Waals surface area contributed by atoms with Crippen molar-refractivity contribution in [2.24, 2.45) is 5.92 Å². The highest BCUT2D eigenvalue weighted by atomic mass is 32.2. The molecule has 0 saturated heterocycles. The minimum absolute atomic E-state index is 0.00413. The maximum absolute atomic E-state index is 11.0. The molecule has 1 aromatic carbocycles. The molecule has 0 bridgehead atoms. The standard InChI is InChI=1S/C22H27N5O5S/c1-32-19-9-13-4-2-3-5-16(13)20(19)26-21-17-6-7-27(22(17)24-12-23-21)15-8-14(18(28)10-15)11-25-33(29,30)31/h2-7,12,14-15,18-20,25,28H,8-11H2,1H3,(H,23,24,26)(H,29,30,31)/t14-,15+,18-,19-,20+/m0/s1. The maximum Gasteiger partial charge on any atom is 0.333 e. The summed E-state index contributed by atoms with van der Waals surface area (Å²) in [6.45, 7) is -0.0169. The highest BCUT2D eigenvalue weighted by Crippen LogP contribution is 2.39.